The van der Waals surface area contributed by atoms with Crippen LogP contribution in [0.25, 0.3) is 0 Å². The van der Waals surface area contributed by atoms with Crippen molar-refractivity contribution in [2.24, 2.45) is 0 Å². The number of carbonyl (C=O) groups is 2. The zero-order valence-electron chi connectivity index (χ0n) is 8.69. The van der Waals surface area contributed by atoms with E-state index in [1.54, 1.807) is 6.20 Å². The zero-order chi connectivity index (χ0) is 10.8. The van der Waals surface area contributed by atoms with E-state index < -0.39 is 0 Å². The third-order valence-corrected chi connectivity index (χ3v) is 2.69. The Labute approximate surface area is 88.6 Å². The lowest BCUT2D eigenvalue weighted by Gasteiger charge is -2.35. The Balaban J connectivity index is 2.17. The topological polar surface area (TPSA) is 49.4 Å². The minimum atomic E-state index is -0.194. The van der Waals surface area contributed by atoms with Crippen LogP contribution in [0.3, 0.4) is 0 Å². The molecule has 0 saturated carbocycles. The molecule has 1 atom stereocenters. The number of hydrogen-bond acceptors (Lipinski definition) is 3. The molecule has 2 heterocycles. The van der Waals surface area contributed by atoms with Crippen molar-refractivity contribution >= 4 is 11.7 Å². The van der Waals surface area contributed by atoms with Crippen molar-refractivity contribution in [3.05, 3.63) is 24.0 Å². The lowest BCUT2D eigenvalue weighted by molar-refractivity contribution is -0.122. The van der Waals surface area contributed by atoms with Crippen molar-refractivity contribution < 1.29 is 9.59 Å². The van der Waals surface area contributed by atoms with Gasteiger partial charge >= 0.3 is 0 Å². The van der Waals surface area contributed by atoms with Gasteiger partial charge in [0.25, 0.3) is 0 Å². The van der Waals surface area contributed by atoms with E-state index in [0.717, 1.165) is 13.0 Å². The molecule has 0 spiro atoms. The molecular weight excluding hydrogens is 192 g/mol. The molecule has 4 nitrogen and oxygen atoms in total. The maximum atomic E-state index is 11.7. The number of nitrogens with one attached hydrogen (secondary N) is 1. The summed E-state index contributed by atoms with van der Waals surface area (Å²) in [5.74, 6) is -0.164. The Morgan fingerprint density at radius 3 is 3.07 bits per heavy atom. The average molecular weight is 206 g/mol. The van der Waals surface area contributed by atoms with Gasteiger partial charge in [0.1, 0.15) is 5.70 Å². The van der Waals surface area contributed by atoms with Gasteiger partial charge in [-0.25, -0.2) is 0 Å². The van der Waals surface area contributed by atoms with Gasteiger partial charge in [-0.1, -0.05) is 12.2 Å². The van der Waals surface area contributed by atoms with Crippen LogP contribution in [-0.4, -0.2) is 29.2 Å². The lowest BCUT2D eigenvalue weighted by atomic mass is 9.97. The second-order valence-corrected chi connectivity index (χ2v) is 3.91. The van der Waals surface area contributed by atoms with Crippen LogP contribution >= 0.6 is 0 Å². The molecule has 0 aliphatic carbocycles. The summed E-state index contributed by atoms with van der Waals surface area (Å²) >= 11 is 0. The Hall–Kier alpha value is -1.58. The zero-order valence-corrected chi connectivity index (χ0v) is 8.69. The summed E-state index contributed by atoms with van der Waals surface area (Å²) in [6.45, 7) is 2.23. The van der Waals surface area contributed by atoms with Gasteiger partial charge in [0.05, 0.1) is 0 Å². The summed E-state index contributed by atoms with van der Waals surface area (Å²) in [7, 11) is 0. The molecule has 0 bridgehead atoms. The van der Waals surface area contributed by atoms with E-state index in [4.69, 9.17) is 0 Å². The van der Waals surface area contributed by atoms with Gasteiger partial charge in [-0.2, -0.15) is 0 Å². The average Bonchev–Trinajstić information content (AvgIpc) is 2.18. The van der Waals surface area contributed by atoms with E-state index in [-0.39, 0.29) is 17.7 Å². The van der Waals surface area contributed by atoms with Crippen molar-refractivity contribution in [1.82, 2.24) is 10.2 Å². The van der Waals surface area contributed by atoms with Crippen molar-refractivity contribution in [3.8, 4) is 0 Å². The van der Waals surface area contributed by atoms with Gasteiger partial charge in [0, 0.05) is 32.1 Å². The summed E-state index contributed by atoms with van der Waals surface area (Å²) in [5.41, 5.74) is 0.425. The fourth-order valence-electron chi connectivity index (χ4n) is 1.95. The predicted molar refractivity (Wildman–Crippen MR) is 55.8 cm³/mol. The molecule has 2 aliphatic rings. The van der Waals surface area contributed by atoms with E-state index >= 15 is 0 Å². The van der Waals surface area contributed by atoms with Crippen LogP contribution in [0.1, 0.15) is 19.8 Å². The highest BCUT2D eigenvalue weighted by Crippen LogP contribution is 2.22. The van der Waals surface area contributed by atoms with Gasteiger partial charge in [-0.05, 0) is 6.42 Å². The van der Waals surface area contributed by atoms with Gasteiger partial charge in [0.2, 0.25) is 5.91 Å². The molecule has 15 heavy (non-hydrogen) atoms. The Bertz CT molecular complexity index is 358. The molecule has 1 amide bonds. The van der Waals surface area contributed by atoms with E-state index in [2.05, 4.69) is 22.4 Å². The molecule has 1 N–H and O–H groups in total. The molecule has 0 aromatic rings. The molecule has 0 radical (unpaired) electrons. The minimum Gasteiger partial charge on any atom is -0.368 e. The van der Waals surface area contributed by atoms with Crippen LogP contribution in [-0.2, 0) is 9.59 Å². The summed E-state index contributed by atoms with van der Waals surface area (Å²) in [6.07, 6.45) is 7.35. The molecule has 2 aliphatic heterocycles. The summed E-state index contributed by atoms with van der Waals surface area (Å²) in [6, 6.07) is 0.278. The first-order valence-corrected chi connectivity index (χ1v) is 5.10. The maximum Gasteiger partial charge on any atom is 0.221 e. The fourth-order valence-corrected chi connectivity index (χ4v) is 1.95. The third-order valence-electron chi connectivity index (χ3n) is 2.69. The largest absolute Gasteiger partial charge is 0.368 e. The summed E-state index contributed by atoms with van der Waals surface area (Å²) < 4.78 is 0. The highest BCUT2D eigenvalue weighted by molar-refractivity contribution is 5.99. The number of allylic oxidation sites excluding steroid dienone is 1. The first-order valence-electron chi connectivity index (χ1n) is 5.10. The molecular formula is C11H14N2O2. The minimum absolute atomic E-state index is 0.0294. The van der Waals surface area contributed by atoms with Gasteiger partial charge in [-0.15, -0.1) is 0 Å². The second kappa shape index (κ2) is 3.88. The smallest absolute Gasteiger partial charge is 0.221 e. The van der Waals surface area contributed by atoms with Gasteiger partial charge in [-0.3, -0.25) is 9.59 Å². The predicted octanol–water partition coefficient (Wildman–Crippen LogP) is 0.567. The normalized spacial score (nSPS) is 24.6. The van der Waals surface area contributed by atoms with E-state index in [1.807, 2.05) is 0 Å². The third kappa shape index (κ3) is 2.09. The molecule has 0 aromatic heterocycles. The SMILES string of the molecule is CC(=O)NC1=CN2CC=CCC2CC1=O. The fraction of sp³-hybridized carbons (Fsp3) is 0.455. The Morgan fingerprint density at radius 2 is 2.33 bits per heavy atom. The quantitative estimate of drug-likeness (QED) is 0.638. The maximum absolute atomic E-state index is 11.7. The van der Waals surface area contributed by atoms with Gasteiger partial charge in [0.15, 0.2) is 5.78 Å². The number of amides is 1. The summed E-state index contributed by atoms with van der Waals surface area (Å²) in [5, 5.41) is 2.57. The van der Waals surface area contributed by atoms with Crippen molar-refractivity contribution in [3.63, 3.8) is 0 Å². The first kappa shape index (κ1) is 9.96. The van der Waals surface area contributed by atoms with Crippen LogP contribution in [0.2, 0.25) is 0 Å². The molecule has 4 heteroatoms. The number of hydrogen-bond donors (Lipinski definition) is 1. The number of nitrogens with zero attached hydrogens (tertiary/aromatic N) is 1. The van der Waals surface area contributed by atoms with Crippen LogP contribution in [0, 0.1) is 0 Å². The summed E-state index contributed by atoms with van der Waals surface area (Å²) in [4.78, 5) is 24.6. The molecule has 0 aromatic carbocycles. The number of rotatable bonds is 1. The second-order valence-electron chi connectivity index (χ2n) is 3.91. The standard InChI is InChI=1S/C11H14N2O2/c1-8(14)12-10-7-13-5-3-2-4-9(13)6-11(10)15/h2-3,7,9H,4-6H2,1H3,(H,12,14). The van der Waals surface area contributed by atoms with E-state index in [0.29, 0.717) is 12.1 Å². The van der Waals surface area contributed by atoms with Gasteiger partial charge < -0.3 is 10.2 Å². The molecule has 1 unspecified atom stereocenters. The van der Waals surface area contributed by atoms with Crippen molar-refractivity contribution in [2.75, 3.05) is 6.54 Å². The number of carbonyl (C=O) groups excluding carboxylic acids is 2. The Morgan fingerprint density at radius 1 is 1.53 bits per heavy atom. The first-order chi connectivity index (χ1) is 7.16. The van der Waals surface area contributed by atoms with E-state index in [1.165, 1.54) is 6.92 Å². The van der Waals surface area contributed by atoms with Crippen LogP contribution < -0.4 is 5.32 Å². The van der Waals surface area contributed by atoms with Crippen molar-refractivity contribution in [1.29, 1.82) is 0 Å². The van der Waals surface area contributed by atoms with Crippen LogP contribution in [0.15, 0.2) is 24.0 Å². The number of ketones is 1. The monoisotopic (exact) mass is 206 g/mol. The van der Waals surface area contributed by atoms with Crippen molar-refractivity contribution in [2.45, 2.75) is 25.8 Å². The van der Waals surface area contributed by atoms with Crippen LogP contribution in [0.4, 0.5) is 0 Å². The van der Waals surface area contributed by atoms with E-state index in [9.17, 15) is 9.59 Å². The molecule has 80 valence electrons. The highest BCUT2D eigenvalue weighted by Gasteiger charge is 2.27. The number of Topliss-reactive ketones (excluding diaryl/α,β-unsaturated/α-hetero) is 1. The molecule has 0 fully saturated rings. The van der Waals surface area contributed by atoms with Crippen LogP contribution in [0.5, 0.6) is 0 Å². The molecule has 2 rings (SSSR count). The molecule has 0 saturated heterocycles. The number of fused-ring (bicyclic) bond motifs is 1. The highest BCUT2D eigenvalue weighted by atomic mass is 16.2. The lowest BCUT2D eigenvalue weighted by Crippen LogP contribution is -2.42. The Kier molecular flexibility index (Phi) is 2.58.